The van der Waals surface area contributed by atoms with E-state index in [4.69, 9.17) is 4.98 Å². The quantitative estimate of drug-likeness (QED) is 0.750. The Labute approximate surface area is 136 Å². The number of allylic oxidation sites excluding steroid dienone is 1. The minimum atomic E-state index is 0.456. The molecule has 118 valence electrons. The summed E-state index contributed by atoms with van der Waals surface area (Å²) in [5.74, 6) is 1.09. The van der Waals surface area contributed by atoms with Crippen LogP contribution >= 0.6 is 0 Å². The van der Waals surface area contributed by atoms with Crippen molar-refractivity contribution in [3.63, 3.8) is 0 Å². The predicted octanol–water partition coefficient (Wildman–Crippen LogP) is 4.73. The summed E-state index contributed by atoms with van der Waals surface area (Å²) in [5.41, 5.74) is 2.50. The summed E-state index contributed by atoms with van der Waals surface area (Å²) in [7, 11) is 0. The van der Waals surface area contributed by atoms with Crippen molar-refractivity contribution < 1.29 is 0 Å². The Bertz CT molecular complexity index is 691. The number of aromatic nitrogens is 1. The van der Waals surface area contributed by atoms with E-state index in [9.17, 15) is 4.91 Å². The molecule has 0 spiro atoms. The van der Waals surface area contributed by atoms with Crippen LogP contribution in [0.5, 0.6) is 0 Å². The molecule has 0 N–H and O–H groups in total. The van der Waals surface area contributed by atoms with Crippen LogP contribution < -0.4 is 4.90 Å². The molecule has 0 unspecified atom stereocenters. The molecule has 0 amide bonds. The highest BCUT2D eigenvalue weighted by atomic mass is 16.3. The second-order valence-electron chi connectivity index (χ2n) is 5.83. The molecule has 23 heavy (non-hydrogen) atoms. The standard InChI is InChI=1S/C19H21N3O/c23-21-18-11-5-8-16(15-18)7-4-9-17-10-6-12-19(20-17)22-13-2-1-3-14-22/h4-8,10-12,15H,1-3,9,13-14H2. The van der Waals surface area contributed by atoms with Crippen molar-refractivity contribution in [2.75, 3.05) is 18.0 Å². The third-order valence-corrected chi connectivity index (χ3v) is 4.09. The number of nitroso groups, excluding NO2 is 1. The summed E-state index contributed by atoms with van der Waals surface area (Å²) < 4.78 is 0. The average molecular weight is 307 g/mol. The van der Waals surface area contributed by atoms with E-state index < -0.39 is 0 Å². The van der Waals surface area contributed by atoms with Gasteiger partial charge in [0.15, 0.2) is 0 Å². The number of rotatable bonds is 5. The zero-order valence-electron chi connectivity index (χ0n) is 13.2. The predicted molar refractivity (Wildman–Crippen MR) is 94.9 cm³/mol. The van der Waals surface area contributed by atoms with E-state index in [0.29, 0.717) is 5.69 Å². The Kier molecular flexibility index (Phi) is 5.14. The van der Waals surface area contributed by atoms with Crippen molar-refractivity contribution >= 4 is 17.6 Å². The van der Waals surface area contributed by atoms with E-state index in [0.717, 1.165) is 36.6 Å². The van der Waals surface area contributed by atoms with E-state index in [1.165, 1.54) is 19.3 Å². The third kappa shape index (κ3) is 4.25. The topological polar surface area (TPSA) is 45.6 Å². The third-order valence-electron chi connectivity index (χ3n) is 4.09. The van der Waals surface area contributed by atoms with Gasteiger partial charge < -0.3 is 4.90 Å². The summed E-state index contributed by atoms with van der Waals surface area (Å²) in [4.78, 5) is 17.7. The fraction of sp³-hybridized carbons (Fsp3) is 0.316. The smallest absolute Gasteiger partial charge is 0.128 e. The average Bonchev–Trinajstić information content (AvgIpc) is 2.63. The minimum absolute atomic E-state index is 0.456. The monoisotopic (exact) mass is 307 g/mol. The molecular weight excluding hydrogens is 286 g/mol. The molecule has 0 bridgehead atoms. The lowest BCUT2D eigenvalue weighted by atomic mass is 10.1. The fourth-order valence-electron chi connectivity index (χ4n) is 2.88. The molecule has 2 aromatic rings. The second kappa shape index (κ2) is 7.68. The summed E-state index contributed by atoms with van der Waals surface area (Å²) in [6, 6.07) is 13.5. The van der Waals surface area contributed by atoms with Gasteiger partial charge in [-0.05, 0) is 54.3 Å². The van der Waals surface area contributed by atoms with E-state index in [-0.39, 0.29) is 0 Å². The zero-order chi connectivity index (χ0) is 15.9. The summed E-state index contributed by atoms with van der Waals surface area (Å²) >= 11 is 0. The van der Waals surface area contributed by atoms with Crippen LogP contribution in [-0.4, -0.2) is 18.1 Å². The Morgan fingerprint density at radius 2 is 1.91 bits per heavy atom. The number of hydrogen-bond donors (Lipinski definition) is 0. The lowest BCUT2D eigenvalue weighted by Crippen LogP contribution is -2.30. The molecule has 1 saturated heterocycles. The molecule has 4 nitrogen and oxygen atoms in total. The van der Waals surface area contributed by atoms with Gasteiger partial charge in [-0.25, -0.2) is 4.98 Å². The van der Waals surface area contributed by atoms with E-state index >= 15 is 0 Å². The van der Waals surface area contributed by atoms with Crippen LogP contribution in [0.4, 0.5) is 11.5 Å². The minimum Gasteiger partial charge on any atom is -0.357 e. The first-order valence-corrected chi connectivity index (χ1v) is 8.16. The molecule has 4 heteroatoms. The Morgan fingerprint density at radius 1 is 1.09 bits per heavy atom. The number of benzene rings is 1. The molecule has 1 aromatic carbocycles. The number of pyridine rings is 1. The SMILES string of the molecule is O=Nc1cccc(C=CCc2cccc(N3CCCCC3)n2)c1. The van der Waals surface area contributed by atoms with Gasteiger partial charge in [0.25, 0.3) is 0 Å². The Balaban J connectivity index is 1.65. The molecule has 0 saturated carbocycles. The van der Waals surface area contributed by atoms with E-state index in [1.807, 2.05) is 18.2 Å². The van der Waals surface area contributed by atoms with Gasteiger partial charge in [0.05, 0.1) is 0 Å². The van der Waals surface area contributed by atoms with Gasteiger partial charge in [-0.1, -0.05) is 30.4 Å². The number of hydrogen-bond acceptors (Lipinski definition) is 4. The van der Waals surface area contributed by atoms with Crippen molar-refractivity contribution in [2.45, 2.75) is 25.7 Å². The van der Waals surface area contributed by atoms with Crippen LogP contribution in [0.25, 0.3) is 6.08 Å². The van der Waals surface area contributed by atoms with Gasteiger partial charge in [-0.15, -0.1) is 4.91 Å². The lowest BCUT2D eigenvalue weighted by Gasteiger charge is -2.27. The van der Waals surface area contributed by atoms with E-state index in [2.05, 4.69) is 34.4 Å². The number of piperidine rings is 1. The summed E-state index contributed by atoms with van der Waals surface area (Å²) in [5, 5.41) is 2.96. The highest BCUT2D eigenvalue weighted by Crippen LogP contribution is 2.18. The first-order chi connectivity index (χ1) is 11.3. The molecule has 3 rings (SSSR count). The number of anilines is 1. The van der Waals surface area contributed by atoms with Crippen LogP contribution in [0.15, 0.2) is 53.7 Å². The molecular formula is C19H21N3O. The summed E-state index contributed by atoms with van der Waals surface area (Å²) in [6.07, 6.45) is 8.70. The van der Waals surface area contributed by atoms with Crippen molar-refractivity contribution in [1.29, 1.82) is 0 Å². The molecule has 1 aromatic heterocycles. The summed E-state index contributed by atoms with van der Waals surface area (Å²) in [6.45, 7) is 2.22. The van der Waals surface area contributed by atoms with Crippen molar-refractivity contribution in [2.24, 2.45) is 5.18 Å². The van der Waals surface area contributed by atoms with Crippen LogP contribution in [0.1, 0.15) is 30.5 Å². The molecule has 1 aliphatic rings. The zero-order valence-corrected chi connectivity index (χ0v) is 13.2. The van der Waals surface area contributed by atoms with Gasteiger partial charge in [0.2, 0.25) is 0 Å². The molecule has 0 aliphatic carbocycles. The Hall–Kier alpha value is -2.49. The van der Waals surface area contributed by atoms with Crippen LogP contribution in [0.2, 0.25) is 0 Å². The largest absolute Gasteiger partial charge is 0.357 e. The molecule has 1 aliphatic heterocycles. The van der Waals surface area contributed by atoms with Crippen molar-refractivity contribution in [3.8, 4) is 0 Å². The van der Waals surface area contributed by atoms with Gasteiger partial charge in [0.1, 0.15) is 11.5 Å². The van der Waals surface area contributed by atoms with Crippen LogP contribution in [-0.2, 0) is 6.42 Å². The van der Waals surface area contributed by atoms with Crippen LogP contribution in [0, 0.1) is 4.91 Å². The lowest BCUT2D eigenvalue weighted by molar-refractivity contribution is 0.573. The molecule has 1 fully saturated rings. The normalized spacial score (nSPS) is 15.0. The first kappa shape index (κ1) is 15.4. The van der Waals surface area contributed by atoms with Gasteiger partial charge in [0, 0.05) is 25.2 Å². The van der Waals surface area contributed by atoms with Crippen molar-refractivity contribution in [3.05, 3.63) is 64.7 Å². The van der Waals surface area contributed by atoms with Gasteiger partial charge in [-0.2, -0.15) is 0 Å². The Morgan fingerprint density at radius 3 is 2.74 bits per heavy atom. The molecule has 2 heterocycles. The highest BCUT2D eigenvalue weighted by Gasteiger charge is 2.11. The van der Waals surface area contributed by atoms with Gasteiger partial charge in [-0.3, -0.25) is 0 Å². The van der Waals surface area contributed by atoms with Crippen LogP contribution in [0.3, 0.4) is 0 Å². The first-order valence-electron chi connectivity index (χ1n) is 8.16. The molecule has 0 radical (unpaired) electrons. The maximum Gasteiger partial charge on any atom is 0.128 e. The van der Waals surface area contributed by atoms with E-state index in [1.54, 1.807) is 12.1 Å². The second-order valence-corrected chi connectivity index (χ2v) is 5.83. The highest BCUT2D eigenvalue weighted by molar-refractivity contribution is 5.55. The van der Waals surface area contributed by atoms with Crippen molar-refractivity contribution in [1.82, 2.24) is 4.98 Å². The maximum atomic E-state index is 10.6. The maximum absolute atomic E-state index is 10.6. The fourth-order valence-corrected chi connectivity index (χ4v) is 2.88. The van der Waals surface area contributed by atoms with Gasteiger partial charge >= 0.3 is 0 Å². The molecule has 0 atom stereocenters. The number of nitrogens with zero attached hydrogens (tertiary/aromatic N) is 3.